The summed E-state index contributed by atoms with van der Waals surface area (Å²) in [5.74, 6) is 1.02. The largest absolute Gasteiger partial charge is 0.461 e. The van der Waals surface area contributed by atoms with E-state index in [9.17, 15) is 0 Å². The van der Waals surface area contributed by atoms with Gasteiger partial charge in [-0.3, -0.25) is 0 Å². The molecule has 1 aromatic carbocycles. The lowest BCUT2D eigenvalue weighted by molar-refractivity contribution is 0.531. The van der Waals surface area contributed by atoms with Crippen LogP contribution in [0.3, 0.4) is 0 Å². The van der Waals surface area contributed by atoms with Crippen LogP contribution in [0.25, 0.3) is 11.0 Å². The molecule has 3 rings (SSSR count). The molecule has 0 saturated heterocycles. The van der Waals surface area contributed by atoms with Crippen molar-refractivity contribution in [1.29, 1.82) is 0 Å². The van der Waals surface area contributed by atoms with Gasteiger partial charge in [-0.1, -0.05) is 18.2 Å². The summed E-state index contributed by atoms with van der Waals surface area (Å²) in [6.45, 7) is 7.30. The summed E-state index contributed by atoms with van der Waals surface area (Å²) in [5, 5.41) is 4.85. The number of furan rings is 1. The molecule has 2 aromatic heterocycles. The Morgan fingerprint density at radius 1 is 1.14 bits per heavy atom. The maximum Gasteiger partial charge on any atom is 0.134 e. The molecule has 1 N–H and O–H groups in total. The molecule has 0 aliphatic carbocycles. The van der Waals surface area contributed by atoms with E-state index in [1.54, 1.807) is 0 Å². The number of aryl methyl sites for hydroxylation is 2. The molecule has 0 spiro atoms. The third-order valence-corrected chi connectivity index (χ3v) is 4.85. The molecule has 0 aliphatic heterocycles. The molecular weight excluding hydrogens is 278 g/mol. The zero-order valence-corrected chi connectivity index (χ0v) is 13.6. The first kappa shape index (κ1) is 14.4. The van der Waals surface area contributed by atoms with Gasteiger partial charge >= 0.3 is 0 Å². The summed E-state index contributed by atoms with van der Waals surface area (Å²) < 4.78 is 5.81. The van der Waals surface area contributed by atoms with Crippen LogP contribution >= 0.6 is 11.3 Å². The van der Waals surface area contributed by atoms with Crippen LogP contribution in [0.2, 0.25) is 0 Å². The average molecular weight is 299 g/mol. The normalized spacial score (nSPS) is 12.9. The Bertz CT molecular complexity index is 741. The van der Waals surface area contributed by atoms with Gasteiger partial charge < -0.3 is 9.73 Å². The van der Waals surface area contributed by atoms with Crippen LogP contribution in [-0.4, -0.2) is 6.04 Å². The highest BCUT2D eigenvalue weighted by Crippen LogP contribution is 2.25. The fraction of sp³-hybridized carbons (Fsp3) is 0.333. The molecule has 2 nitrogen and oxygen atoms in total. The summed E-state index contributed by atoms with van der Waals surface area (Å²) in [6.07, 6.45) is 1.08. The fourth-order valence-corrected chi connectivity index (χ4v) is 3.70. The van der Waals surface area contributed by atoms with Gasteiger partial charge in [0.05, 0.1) is 0 Å². The van der Waals surface area contributed by atoms with Gasteiger partial charge in [0, 0.05) is 33.3 Å². The van der Waals surface area contributed by atoms with Crippen LogP contribution in [-0.2, 0) is 13.0 Å². The summed E-state index contributed by atoms with van der Waals surface area (Å²) in [5.41, 5.74) is 2.26. The minimum atomic E-state index is 0.455. The minimum Gasteiger partial charge on any atom is -0.461 e. The van der Waals surface area contributed by atoms with Crippen molar-refractivity contribution < 1.29 is 4.42 Å². The fourth-order valence-electron chi connectivity index (χ4n) is 2.69. The lowest BCUT2D eigenvalue weighted by atomic mass is 10.1. The minimum absolute atomic E-state index is 0.455. The highest BCUT2D eigenvalue weighted by Gasteiger charge is 2.12. The molecule has 0 fully saturated rings. The first-order valence-corrected chi connectivity index (χ1v) is 8.21. The van der Waals surface area contributed by atoms with E-state index in [1.165, 1.54) is 20.7 Å². The van der Waals surface area contributed by atoms with Gasteiger partial charge in [0.15, 0.2) is 0 Å². The van der Waals surface area contributed by atoms with E-state index in [2.05, 4.69) is 43.4 Å². The van der Waals surface area contributed by atoms with Crippen molar-refractivity contribution in [3.8, 4) is 0 Å². The summed E-state index contributed by atoms with van der Waals surface area (Å²) in [7, 11) is 0. The van der Waals surface area contributed by atoms with Crippen molar-refractivity contribution in [1.82, 2.24) is 5.32 Å². The molecule has 3 heteroatoms. The number of nitrogens with one attached hydrogen (secondary N) is 1. The summed E-state index contributed by atoms with van der Waals surface area (Å²) in [6, 6.07) is 13.1. The number of para-hydroxylation sites is 1. The Labute approximate surface area is 129 Å². The number of thiophene rings is 1. The summed E-state index contributed by atoms with van der Waals surface area (Å²) in [4.78, 5) is 2.83. The van der Waals surface area contributed by atoms with Crippen molar-refractivity contribution in [2.45, 2.75) is 39.8 Å². The lowest BCUT2D eigenvalue weighted by Gasteiger charge is -2.12. The van der Waals surface area contributed by atoms with Crippen molar-refractivity contribution in [3.63, 3.8) is 0 Å². The molecule has 0 amide bonds. The van der Waals surface area contributed by atoms with E-state index in [1.807, 2.05) is 30.4 Å². The van der Waals surface area contributed by atoms with Crippen molar-refractivity contribution in [2.24, 2.45) is 0 Å². The van der Waals surface area contributed by atoms with Gasteiger partial charge in [-0.05, 0) is 45.4 Å². The van der Waals surface area contributed by atoms with Crippen LogP contribution in [0.1, 0.15) is 28.0 Å². The summed E-state index contributed by atoms with van der Waals surface area (Å²) >= 11 is 1.89. The molecule has 0 aliphatic rings. The van der Waals surface area contributed by atoms with Gasteiger partial charge in [0.1, 0.15) is 11.3 Å². The van der Waals surface area contributed by atoms with Gasteiger partial charge in [0.2, 0.25) is 0 Å². The molecule has 1 atom stereocenters. The second-order valence-corrected chi connectivity index (χ2v) is 7.00. The molecule has 3 aromatic rings. The quantitative estimate of drug-likeness (QED) is 0.730. The second-order valence-electron chi connectivity index (χ2n) is 5.63. The Kier molecular flexibility index (Phi) is 4.13. The number of rotatable bonds is 5. The monoisotopic (exact) mass is 299 g/mol. The van der Waals surface area contributed by atoms with E-state index >= 15 is 0 Å². The zero-order valence-electron chi connectivity index (χ0n) is 12.8. The van der Waals surface area contributed by atoms with Crippen LogP contribution in [0, 0.1) is 13.8 Å². The molecule has 0 saturated carbocycles. The average Bonchev–Trinajstić information content (AvgIpc) is 2.99. The molecule has 0 bridgehead atoms. The first-order valence-electron chi connectivity index (χ1n) is 7.39. The van der Waals surface area contributed by atoms with E-state index in [4.69, 9.17) is 4.42 Å². The SMILES string of the molecule is Cc1ccc(CC(C)NCc2c(C)oc3ccccc23)s1. The molecular formula is C18H21NOS. The zero-order chi connectivity index (χ0) is 14.8. The van der Waals surface area contributed by atoms with E-state index < -0.39 is 0 Å². The van der Waals surface area contributed by atoms with Crippen LogP contribution < -0.4 is 5.32 Å². The van der Waals surface area contributed by atoms with Gasteiger partial charge in [-0.15, -0.1) is 11.3 Å². The smallest absolute Gasteiger partial charge is 0.134 e. The molecule has 1 unspecified atom stereocenters. The predicted molar refractivity (Wildman–Crippen MR) is 90.0 cm³/mol. The highest BCUT2D eigenvalue weighted by atomic mass is 32.1. The molecule has 0 radical (unpaired) electrons. The molecule has 2 heterocycles. The first-order chi connectivity index (χ1) is 10.1. The Balaban J connectivity index is 1.67. The predicted octanol–water partition coefficient (Wildman–Crippen LogP) is 4.83. The van der Waals surface area contributed by atoms with Crippen LogP contribution in [0.5, 0.6) is 0 Å². The Morgan fingerprint density at radius 2 is 1.95 bits per heavy atom. The number of fused-ring (bicyclic) bond motifs is 1. The van der Waals surface area contributed by atoms with Gasteiger partial charge in [-0.25, -0.2) is 0 Å². The van der Waals surface area contributed by atoms with Gasteiger partial charge in [-0.2, -0.15) is 0 Å². The highest BCUT2D eigenvalue weighted by molar-refractivity contribution is 7.11. The lowest BCUT2D eigenvalue weighted by Crippen LogP contribution is -2.27. The van der Waals surface area contributed by atoms with Gasteiger partial charge in [0.25, 0.3) is 0 Å². The maximum atomic E-state index is 5.81. The van der Waals surface area contributed by atoms with E-state index in [0.29, 0.717) is 6.04 Å². The number of hydrogen-bond acceptors (Lipinski definition) is 3. The van der Waals surface area contributed by atoms with Crippen molar-refractivity contribution in [2.75, 3.05) is 0 Å². The third-order valence-electron chi connectivity index (χ3n) is 3.83. The Hall–Kier alpha value is -1.58. The van der Waals surface area contributed by atoms with E-state index in [0.717, 1.165) is 24.3 Å². The second kappa shape index (κ2) is 6.04. The standard InChI is InChI=1S/C18H21NOS/c1-12(10-15-9-8-13(2)21-15)19-11-17-14(3)20-18-7-5-4-6-16(17)18/h4-9,12,19H,10-11H2,1-3H3. The molecule has 110 valence electrons. The number of benzene rings is 1. The van der Waals surface area contributed by atoms with E-state index in [-0.39, 0.29) is 0 Å². The maximum absolute atomic E-state index is 5.81. The molecule has 21 heavy (non-hydrogen) atoms. The number of hydrogen-bond donors (Lipinski definition) is 1. The topological polar surface area (TPSA) is 25.2 Å². The third kappa shape index (κ3) is 3.20. The Morgan fingerprint density at radius 3 is 2.71 bits per heavy atom. The van der Waals surface area contributed by atoms with Crippen LogP contribution in [0.15, 0.2) is 40.8 Å². The van der Waals surface area contributed by atoms with Crippen molar-refractivity contribution in [3.05, 3.63) is 57.5 Å². The van der Waals surface area contributed by atoms with Crippen LogP contribution in [0.4, 0.5) is 0 Å². The van der Waals surface area contributed by atoms with Crippen molar-refractivity contribution >= 4 is 22.3 Å².